The lowest BCUT2D eigenvalue weighted by Gasteiger charge is -2.36. The van der Waals surface area contributed by atoms with Gasteiger partial charge in [-0.1, -0.05) is 0 Å². The van der Waals surface area contributed by atoms with E-state index in [1.54, 1.807) is 6.07 Å². The van der Waals surface area contributed by atoms with Gasteiger partial charge in [-0.15, -0.1) is 0 Å². The summed E-state index contributed by atoms with van der Waals surface area (Å²) in [5.74, 6) is 1.47. The van der Waals surface area contributed by atoms with Crippen LogP contribution in [0.25, 0.3) is 0 Å². The van der Waals surface area contributed by atoms with Gasteiger partial charge in [0, 0.05) is 48.1 Å². The normalized spacial score (nSPS) is 19.3. The number of hydrogen-bond donors (Lipinski definition) is 2. The monoisotopic (exact) mass is 398 g/mol. The molecule has 0 aliphatic carbocycles. The second-order valence-electron chi connectivity index (χ2n) is 5.25. The van der Waals surface area contributed by atoms with Gasteiger partial charge in [0.2, 0.25) is 0 Å². The Hall–Kier alpha value is -1.28. The summed E-state index contributed by atoms with van der Waals surface area (Å²) >= 11 is 2.28. The van der Waals surface area contributed by atoms with Gasteiger partial charge in [0.25, 0.3) is 0 Å². The van der Waals surface area contributed by atoms with Gasteiger partial charge >= 0.3 is 0 Å². The van der Waals surface area contributed by atoms with Crippen molar-refractivity contribution >= 4 is 28.4 Å². The number of nitrogens with zero attached hydrogens (tertiary/aromatic N) is 3. The van der Waals surface area contributed by atoms with Crippen LogP contribution in [-0.4, -0.2) is 53.6 Å². The predicted octanol–water partition coefficient (Wildman–Crippen LogP) is 1.59. The van der Waals surface area contributed by atoms with Gasteiger partial charge < -0.3 is 15.3 Å². The Balaban J connectivity index is 1.57. The lowest BCUT2D eigenvalue weighted by Crippen LogP contribution is -2.48. The first-order valence-corrected chi connectivity index (χ1v) is 8.19. The Kier molecular flexibility index (Phi) is 4.64. The lowest BCUT2D eigenvalue weighted by atomic mass is 10.1. The number of piperazine rings is 1. The molecule has 1 saturated heterocycles. The summed E-state index contributed by atoms with van der Waals surface area (Å²) in [6, 6.07) is 5.77. The van der Waals surface area contributed by atoms with E-state index in [1.807, 2.05) is 18.3 Å². The van der Waals surface area contributed by atoms with Crippen molar-refractivity contribution in [3.8, 4) is 5.75 Å². The average Bonchev–Trinajstić information content (AvgIpc) is 2.53. The molecule has 0 spiro atoms. The second-order valence-corrected chi connectivity index (χ2v) is 6.49. The molecule has 21 heavy (non-hydrogen) atoms. The molecule has 3 rings (SSSR count). The molecule has 2 aliphatic heterocycles. The lowest BCUT2D eigenvalue weighted by molar-refractivity contribution is 0.174. The summed E-state index contributed by atoms with van der Waals surface area (Å²) in [6.07, 6.45) is 3.99. The van der Waals surface area contributed by atoms with Crippen LogP contribution in [0.5, 0.6) is 5.75 Å². The largest absolute Gasteiger partial charge is 0.508 e. The number of phenols is 1. The van der Waals surface area contributed by atoms with Crippen molar-refractivity contribution in [2.24, 2.45) is 4.99 Å². The first kappa shape index (κ1) is 14.6. The zero-order valence-corrected chi connectivity index (χ0v) is 14.0. The highest BCUT2D eigenvalue weighted by Gasteiger charge is 2.20. The molecule has 0 unspecified atom stereocenters. The standard InChI is InChI=1S/C15H19IN4O/c16-13-1-2-14(21)12(9-13)10-19-5-7-20(8-6-19)15-3-4-17-11-18-15/h1-4,9,17,21H,5-8,10-11H2. The van der Waals surface area contributed by atoms with Crippen molar-refractivity contribution in [3.63, 3.8) is 0 Å². The molecule has 0 radical (unpaired) electrons. The summed E-state index contributed by atoms with van der Waals surface area (Å²) in [5, 5.41) is 13.0. The van der Waals surface area contributed by atoms with Gasteiger partial charge in [0.1, 0.15) is 18.3 Å². The molecule has 5 nitrogen and oxygen atoms in total. The number of benzene rings is 1. The molecule has 6 heteroatoms. The summed E-state index contributed by atoms with van der Waals surface area (Å²) < 4.78 is 1.16. The van der Waals surface area contributed by atoms with E-state index in [-0.39, 0.29) is 0 Å². The van der Waals surface area contributed by atoms with Crippen LogP contribution >= 0.6 is 22.6 Å². The summed E-state index contributed by atoms with van der Waals surface area (Å²) in [6.45, 7) is 5.42. The molecule has 2 heterocycles. The van der Waals surface area contributed by atoms with E-state index in [9.17, 15) is 5.11 Å². The molecular weight excluding hydrogens is 379 g/mol. The molecule has 0 aromatic heterocycles. The molecule has 1 fully saturated rings. The van der Waals surface area contributed by atoms with Gasteiger partial charge in [-0.25, -0.2) is 4.99 Å². The zero-order chi connectivity index (χ0) is 14.7. The van der Waals surface area contributed by atoms with Crippen LogP contribution in [-0.2, 0) is 6.54 Å². The Bertz CT molecular complexity index is 565. The summed E-state index contributed by atoms with van der Waals surface area (Å²) in [5.41, 5.74) is 1.01. The van der Waals surface area contributed by atoms with Crippen LogP contribution in [0, 0.1) is 3.57 Å². The molecule has 0 bridgehead atoms. The number of rotatable bonds is 2. The van der Waals surface area contributed by atoms with Gasteiger partial charge in [0.15, 0.2) is 0 Å². The molecule has 0 amide bonds. The molecule has 2 N–H and O–H groups in total. The maximum atomic E-state index is 9.95. The second kappa shape index (κ2) is 6.65. The Morgan fingerprint density at radius 1 is 1.24 bits per heavy atom. The highest BCUT2D eigenvalue weighted by atomic mass is 127. The number of aliphatic imine (C=N–C) groups is 1. The van der Waals surface area contributed by atoms with Gasteiger partial charge in [-0.05, 0) is 46.9 Å². The third-order valence-electron chi connectivity index (χ3n) is 3.81. The van der Waals surface area contributed by atoms with Crippen LogP contribution < -0.4 is 5.32 Å². The third-order valence-corrected chi connectivity index (χ3v) is 4.49. The minimum absolute atomic E-state index is 0.392. The van der Waals surface area contributed by atoms with E-state index in [0.29, 0.717) is 12.4 Å². The van der Waals surface area contributed by atoms with Gasteiger partial charge in [-0.3, -0.25) is 4.90 Å². The van der Waals surface area contributed by atoms with E-state index < -0.39 is 0 Å². The number of halogens is 1. The van der Waals surface area contributed by atoms with E-state index in [0.717, 1.165) is 47.7 Å². The minimum atomic E-state index is 0.392. The summed E-state index contributed by atoms with van der Waals surface area (Å²) in [4.78, 5) is 9.18. The fraction of sp³-hybridized carbons (Fsp3) is 0.400. The predicted molar refractivity (Wildman–Crippen MR) is 92.3 cm³/mol. The van der Waals surface area contributed by atoms with Crippen LogP contribution in [0.1, 0.15) is 5.56 Å². The Morgan fingerprint density at radius 2 is 2.05 bits per heavy atom. The summed E-state index contributed by atoms with van der Waals surface area (Å²) in [7, 11) is 0. The quantitative estimate of drug-likeness (QED) is 0.744. The number of nitrogens with one attached hydrogen (secondary N) is 1. The van der Waals surface area contributed by atoms with E-state index in [2.05, 4.69) is 48.8 Å². The van der Waals surface area contributed by atoms with Crippen molar-refractivity contribution in [2.75, 3.05) is 32.8 Å². The van der Waals surface area contributed by atoms with E-state index >= 15 is 0 Å². The van der Waals surface area contributed by atoms with Crippen molar-refractivity contribution in [3.05, 3.63) is 39.6 Å². The molecule has 112 valence electrons. The van der Waals surface area contributed by atoms with E-state index in [4.69, 9.17) is 0 Å². The van der Waals surface area contributed by atoms with Crippen molar-refractivity contribution < 1.29 is 5.11 Å². The minimum Gasteiger partial charge on any atom is -0.508 e. The highest BCUT2D eigenvalue weighted by molar-refractivity contribution is 14.1. The topological polar surface area (TPSA) is 51.1 Å². The molecular formula is C15H19IN4O. The fourth-order valence-corrected chi connectivity index (χ4v) is 3.18. The highest BCUT2D eigenvalue weighted by Crippen LogP contribution is 2.22. The van der Waals surface area contributed by atoms with Crippen molar-refractivity contribution in [1.82, 2.24) is 15.1 Å². The van der Waals surface area contributed by atoms with E-state index in [1.165, 1.54) is 0 Å². The van der Waals surface area contributed by atoms with Crippen LogP contribution in [0.2, 0.25) is 0 Å². The fourth-order valence-electron chi connectivity index (χ4n) is 2.63. The Morgan fingerprint density at radius 3 is 2.76 bits per heavy atom. The molecule has 0 saturated carbocycles. The Labute approximate surface area is 138 Å². The van der Waals surface area contributed by atoms with Gasteiger partial charge in [0.05, 0.1) is 0 Å². The number of amidine groups is 1. The van der Waals surface area contributed by atoms with Crippen molar-refractivity contribution in [2.45, 2.75) is 6.54 Å². The molecule has 2 aliphatic rings. The van der Waals surface area contributed by atoms with Crippen molar-refractivity contribution in [1.29, 1.82) is 0 Å². The smallest absolute Gasteiger partial charge is 0.127 e. The number of hydrogen-bond acceptors (Lipinski definition) is 5. The maximum absolute atomic E-state index is 9.95. The first-order chi connectivity index (χ1) is 10.2. The molecule has 0 atom stereocenters. The zero-order valence-electron chi connectivity index (χ0n) is 11.8. The number of phenolic OH excluding ortho intramolecular Hbond substituents is 1. The number of aromatic hydroxyl groups is 1. The average molecular weight is 398 g/mol. The van der Waals surface area contributed by atoms with Gasteiger partial charge in [-0.2, -0.15) is 0 Å². The molecule has 1 aromatic carbocycles. The van der Waals surface area contributed by atoms with Crippen LogP contribution in [0.4, 0.5) is 0 Å². The third kappa shape index (κ3) is 3.68. The first-order valence-electron chi connectivity index (χ1n) is 7.11. The molecule has 1 aromatic rings. The van der Waals surface area contributed by atoms with Crippen LogP contribution in [0.3, 0.4) is 0 Å². The maximum Gasteiger partial charge on any atom is 0.127 e. The van der Waals surface area contributed by atoms with Crippen LogP contribution in [0.15, 0.2) is 35.5 Å². The SMILES string of the molecule is Oc1ccc(I)cc1CN1CCN(C2=NCNC=C2)CC1.